The van der Waals surface area contributed by atoms with Crippen molar-refractivity contribution in [3.63, 3.8) is 0 Å². The van der Waals surface area contributed by atoms with E-state index in [0.717, 1.165) is 16.5 Å². The van der Waals surface area contributed by atoms with Gasteiger partial charge in [0.15, 0.2) is 0 Å². The van der Waals surface area contributed by atoms with Gasteiger partial charge in [-0.25, -0.2) is 17.5 Å². The number of benzene rings is 2. The van der Waals surface area contributed by atoms with Crippen LogP contribution in [-0.4, -0.2) is 66.3 Å². The molecule has 8 nitrogen and oxygen atoms in total. The topological polar surface area (TPSA) is 123 Å². The van der Waals surface area contributed by atoms with Crippen LogP contribution in [-0.2, 0) is 14.8 Å². The fraction of sp³-hybridized carbons (Fsp3) is 0.286. The highest BCUT2D eigenvalue weighted by Gasteiger charge is 2.32. The summed E-state index contributed by atoms with van der Waals surface area (Å²) in [5.74, 6) is -0.687. The first-order valence-corrected chi connectivity index (χ1v) is 11.2. The Morgan fingerprint density at radius 3 is 2.48 bits per heavy atom. The van der Waals surface area contributed by atoms with Gasteiger partial charge in [-0.3, -0.25) is 4.79 Å². The minimum atomic E-state index is -3.81. The van der Waals surface area contributed by atoms with E-state index in [1.54, 1.807) is 24.4 Å². The summed E-state index contributed by atoms with van der Waals surface area (Å²) in [7, 11) is -3.81. The zero-order valence-corrected chi connectivity index (χ0v) is 17.3. The number of fused-ring (bicyclic) bond motifs is 1. The summed E-state index contributed by atoms with van der Waals surface area (Å²) in [4.78, 5) is 16.5. The number of sulfonamides is 1. The first kappa shape index (κ1) is 21.4. The molecule has 3 aromatic rings. The first-order chi connectivity index (χ1) is 14.7. The molecule has 1 aliphatic rings. The van der Waals surface area contributed by atoms with Crippen molar-refractivity contribution in [2.75, 3.05) is 19.6 Å². The van der Waals surface area contributed by atoms with Gasteiger partial charge in [-0.15, -0.1) is 0 Å². The molecule has 2 heterocycles. The van der Waals surface area contributed by atoms with Crippen molar-refractivity contribution < 1.29 is 27.8 Å². The molecule has 1 fully saturated rings. The number of nitrogens with zero attached hydrogens (tertiary/aromatic N) is 1. The zero-order chi connectivity index (χ0) is 22.2. The molecule has 31 heavy (non-hydrogen) atoms. The van der Waals surface area contributed by atoms with Gasteiger partial charge < -0.3 is 20.1 Å². The largest absolute Gasteiger partial charge is 0.388 e. The van der Waals surface area contributed by atoms with E-state index in [1.807, 2.05) is 0 Å². The smallest absolute Gasteiger partial charge is 0.240 e. The molecule has 2 unspecified atom stereocenters. The summed E-state index contributed by atoms with van der Waals surface area (Å²) in [5, 5.41) is 19.8. The average Bonchev–Trinajstić information content (AvgIpc) is 3.30. The number of β-amino-alcohol motifs (C(OH)–C–C–N with tert-alkyl or cyclic N) is 2. The van der Waals surface area contributed by atoms with Crippen molar-refractivity contribution >= 4 is 26.8 Å². The minimum absolute atomic E-state index is 0.0364. The van der Waals surface area contributed by atoms with E-state index in [2.05, 4.69) is 9.71 Å². The third kappa shape index (κ3) is 4.47. The fourth-order valence-electron chi connectivity index (χ4n) is 3.66. The number of amides is 1. The molecule has 4 rings (SSSR count). The molecule has 2 aromatic carbocycles. The Morgan fingerprint density at radius 1 is 1.13 bits per heavy atom. The molecule has 0 aliphatic carbocycles. The summed E-state index contributed by atoms with van der Waals surface area (Å²) in [6.07, 6.45) is -0.294. The molecule has 0 bridgehead atoms. The molecule has 0 saturated carbocycles. The van der Waals surface area contributed by atoms with Crippen LogP contribution in [0.15, 0.2) is 53.6 Å². The molecule has 2 atom stereocenters. The number of carbonyl (C=O) groups excluding carboxylic acids is 1. The SMILES string of the molecule is O=C(CCNS(=O)(=O)c1ccc(-c2c[nH]c3cc(F)ccc23)cc1)N1CC(O)C(O)C1. The Hall–Kier alpha value is -2.79. The molecule has 1 aliphatic heterocycles. The maximum Gasteiger partial charge on any atom is 0.240 e. The summed E-state index contributed by atoms with van der Waals surface area (Å²) in [6, 6.07) is 10.7. The average molecular weight is 447 g/mol. The second kappa shape index (κ2) is 8.39. The number of aromatic amines is 1. The highest BCUT2D eigenvalue weighted by Crippen LogP contribution is 2.29. The molecule has 10 heteroatoms. The Balaban J connectivity index is 1.40. The lowest BCUT2D eigenvalue weighted by atomic mass is 10.1. The van der Waals surface area contributed by atoms with Crippen LogP contribution in [0.5, 0.6) is 0 Å². The molecule has 1 saturated heterocycles. The van der Waals surface area contributed by atoms with Gasteiger partial charge >= 0.3 is 0 Å². The maximum atomic E-state index is 13.4. The Kier molecular flexibility index (Phi) is 5.80. The third-order valence-electron chi connectivity index (χ3n) is 5.36. The quantitative estimate of drug-likeness (QED) is 0.452. The number of carbonyl (C=O) groups is 1. The molecular weight excluding hydrogens is 425 g/mol. The Morgan fingerprint density at radius 2 is 1.81 bits per heavy atom. The van der Waals surface area contributed by atoms with E-state index in [0.29, 0.717) is 5.52 Å². The number of nitrogens with one attached hydrogen (secondary N) is 2. The lowest BCUT2D eigenvalue weighted by Gasteiger charge is -2.15. The van der Waals surface area contributed by atoms with Crippen LogP contribution in [0.25, 0.3) is 22.0 Å². The number of hydrogen-bond acceptors (Lipinski definition) is 5. The van der Waals surface area contributed by atoms with Crippen LogP contribution in [0.1, 0.15) is 6.42 Å². The molecule has 0 radical (unpaired) electrons. The second-order valence-corrected chi connectivity index (χ2v) is 9.26. The summed E-state index contributed by atoms with van der Waals surface area (Å²) in [5.41, 5.74) is 2.25. The van der Waals surface area contributed by atoms with Gasteiger partial charge in [0, 0.05) is 48.7 Å². The van der Waals surface area contributed by atoms with E-state index in [4.69, 9.17) is 0 Å². The highest BCUT2D eigenvalue weighted by atomic mass is 32.2. The van der Waals surface area contributed by atoms with Gasteiger partial charge in [-0.2, -0.15) is 0 Å². The van der Waals surface area contributed by atoms with Crippen molar-refractivity contribution in [3.8, 4) is 11.1 Å². The van der Waals surface area contributed by atoms with Crippen LogP contribution in [0, 0.1) is 5.82 Å². The number of aromatic nitrogens is 1. The lowest BCUT2D eigenvalue weighted by molar-refractivity contribution is -0.130. The lowest BCUT2D eigenvalue weighted by Crippen LogP contribution is -2.33. The van der Waals surface area contributed by atoms with Crippen LogP contribution in [0.2, 0.25) is 0 Å². The monoisotopic (exact) mass is 447 g/mol. The van der Waals surface area contributed by atoms with E-state index in [1.165, 1.54) is 29.2 Å². The van der Waals surface area contributed by atoms with Crippen molar-refractivity contribution in [2.45, 2.75) is 23.5 Å². The molecular formula is C21H22FN3O5S. The summed E-state index contributed by atoms with van der Waals surface area (Å²) >= 11 is 0. The number of H-pyrrole nitrogens is 1. The highest BCUT2D eigenvalue weighted by molar-refractivity contribution is 7.89. The van der Waals surface area contributed by atoms with Crippen molar-refractivity contribution in [1.29, 1.82) is 0 Å². The van der Waals surface area contributed by atoms with E-state index in [-0.39, 0.29) is 42.7 Å². The van der Waals surface area contributed by atoms with Crippen molar-refractivity contribution in [1.82, 2.24) is 14.6 Å². The molecule has 164 valence electrons. The van der Waals surface area contributed by atoms with Gasteiger partial charge in [-0.1, -0.05) is 12.1 Å². The zero-order valence-electron chi connectivity index (χ0n) is 16.5. The van der Waals surface area contributed by atoms with Crippen LogP contribution < -0.4 is 4.72 Å². The Bertz CT molecular complexity index is 1200. The van der Waals surface area contributed by atoms with Gasteiger partial charge in [-0.05, 0) is 35.9 Å². The number of halogens is 1. The Labute approximate surface area is 178 Å². The fourth-order valence-corrected chi connectivity index (χ4v) is 4.69. The first-order valence-electron chi connectivity index (χ1n) is 9.75. The van der Waals surface area contributed by atoms with Crippen molar-refractivity contribution in [2.24, 2.45) is 0 Å². The maximum absolute atomic E-state index is 13.4. The van der Waals surface area contributed by atoms with E-state index >= 15 is 0 Å². The second-order valence-electron chi connectivity index (χ2n) is 7.50. The van der Waals surface area contributed by atoms with E-state index in [9.17, 15) is 27.8 Å². The number of aliphatic hydroxyl groups excluding tert-OH is 2. The molecule has 1 aromatic heterocycles. The predicted octanol–water partition coefficient (Wildman–Crippen LogP) is 1.21. The van der Waals surface area contributed by atoms with Gasteiger partial charge in [0.1, 0.15) is 5.82 Å². The predicted molar refractivity (Wildman–Crippen MR) is 112 cm³/mol. The number of aliphatic hydroxyl groups is 2. The van der Waals surface area contributed by atoms with Crippen LogP contribution >= 0.6 is 0 Å². The molecule has 4 N–H and O–H groups in total. The van der Waals surface area contributed by atoms with Crippen molar-refractivity contribution in [3.05, 3.63) is 54.5 Å². The van der Waals surface area contributed by atoms with E-state index < -0.39 is 22.2 Å². The third-order valence-corrected chi connectivity index (χ3v) is 6.84. The van der Waals surface area contributed by atoms with Gasteiger partial charge in [0.25, 0.3) is 0 Å². The summed E-state index contributed by atoms with van der Waals surface area (Å²) in [6.45, 7) is -0.0248. The minimum Gasteiger partial charge on any atom is -0.388 e. The normalized spacial score (nSPS) is 19.3. The molecule has 1 amide bonds. The summed E-state index contributed by atoms with van der Waals surface area (Å²) < 4.78 is 40.8. The van der Waals surface area contributed by atoms with Gasteiger partial charge in [0.05, 0.1) is 17.1 Å². The molecule has 0 spiro atoms. The number of likely N-dealkylation sites (tertiary alicyclic amines) is 1. The number of rotatable bonds is 6. The number of hydrogen-bond donors (Lipinski definition) is 4. The van der Waals surface area contributed by atoms with Crippen LogP contribution in [0.3, 0.4) is 0 Å². The van der Waals surface area contributed by atoms with Crippen LogP contribution in [0.4, 0.5) is 4.39 Å². The standard InChI is InChI=1S/C21H22FN3O5S/c22-14-3-6-16-17(10-23-18(16)9-14)13-1-4-15(5-2-13)31(29,30)24-8-7-21(28)25-11-19(26)20(27)12-25/h1-6,9-10,19-20,23-24,26-27H,7-8,11-12H2. The van der Waals surface area contributed by atoms with Gasteiger partial charge in [0.2, 0.25) is 15.9 Å².